The summed E-state index contributed by atoms with van der Waals surface area (Å²) < 4.78 is 52.2. The molecule has 2 aromatic carbocycles. The molecule has 10 heteroatoms. The average molecular weight is 421 g/mol. The van der Waals surface area contributed by atoms with Crippen molar-refractivity contribution in [1.82, 2.24) is 4.98 Å². The lowest BCUT2D eigenvalue weighted by molar-refractivity contribution is 0.312. The molecule has 0 atom stereocenters. The Hall–Kier alpha value is -2.85. The number of methoxy groups -OCH3 is 1. The van der Waals surface area contributed by atoms with Crippen molar-refractivity contribution in [3.8, 4) is 11.5 Å². The lowest BCUT2D eigenvalue weighted by Gasteiger charge is -2.32. The number of nitrogens with one attached hydrogen (secondary N) is 1. The minimum absolute atomic E-state index is 0.0642. The molecule has 0 fully saturated rings. The van der Waals surface area contributed by atoms with E-state index in [1.165, 1.54) is 48.9 Å². The third kappa shape index (κ3) is 3.48. The van der Waals surface area contributed by atoms with Gasteiger partial charge in [0.2, 0.25) is 0 Å². The smallest absolute Gasteiger partial charge is 0.263 e. The van der Waals surface area contributed by atoms with Gasteiger partial charge >= 0.3 is 0 Å². The Morgan fingerprint density at radius 2 is 2.07 bits per heavy atom. The number of aromatic nitrogens is 1. The van der Waals surface area contributed by atoms with Crippen molar-refractivity contribution < 1.29 is 22.3 Å². The number of hydrogen-bond acceptors (Lipinski definition) is 7. The summed E-state index contributed by atoms with van der Waals surface area (Å²) in [7, 11) is -2.32. The molecule has 7 nitrogen and oxygen atoms in total. The summed E-state index contributed by atoms with van der Waals surface area (Å²) in [4.78, 5) is 5.91. The molecule has 0 aliphatic carbocycles. The van der Waals surface area contributed by atoms with Crippen LogP contribution in [0.15, 0.2) is 52.9 Å². The Kier molecular flexibility index (Phi) is 4.82. The minimum atomic E-state index is -3.79. The molecule has 4 rings (SSSR count). The highest BCUT2D eigenvalue weighted by Gasteiger charge is 2.25. The van der Waals surface area contributed by atoms with Gasteiger partial charge in [-0.3, -0.25) is 4.72 Å². The van der Waals surface area contributed by atoms with Crippen LogP contribution in [0.3, 0.4) is 0 Å². The normalized spacial score (nSPS) is 13.6. The second-order valence-corrected chi connectivity index (χ2v) is 8.47. The van der Waals surface area contributed by atoms with Gasteiger partial charge in [-0.05, 0) is 24.3 Å². The third-order valence-corrected chi connectivity index (χ3v) is 6.35. The first-order valence-electron chi connectivity index (χ1n) is 8.28. The van der Waals surface area contributed by atoms with Crippen LogP contribution in [0, 0.1) is 5.82 Å². The van der Waals surface area contributed by atoms with E-state index in [9.17, 15) is 12.8 Å². The molecule has 146 valence electrons. The van der Waals surface area contributed by atoms with Crippen molar-refractivity contribution in [2.75, 3.05) is 29.9 Å². The predicted octanol–water partition coefficient (Wildman–Crippen LogP) is 3.62. The Morgan fingerprint density at radius 3 is 2.82 bits per heavy atom. The molecular weight excluding hydrogens is 405 g/mol. The van der Waals surface area contributed by atoms with Crippen LogP contribution in [0.25, 0.3) is 0 Å². The standard InChI is InChI=1S/C18H16FN3O4S2/c1-25-16-10-12(19)2-4-14(16)22-7-8-26-17-11-13(3-5-15(17)22)28(23,24)21-18-20-6-9-27-18/h2-6,9-11H,7-8H2,1H3,(H,20,21). The summed E-state index contributed by atoms with van der Waals surface area (Å²) in [5, 5.41) is 1.97. The molecule has 1 aliphatic rings. The number of benzene rings is 2. The van der Waals surface area contributed by atoms with Crippen LogP contribution in [0.5, 0.6) is 11.5 Å². The summed E-state index contributed by atoms with van der Waals surface area (Å²) in [5.41, 5.74) is 1.34. The van der Waals surface area contributed by atoms with E-state index in [2.05, 4.69) is 9.71 Å². The van der Waals surface area contributed by atoms with Crippen molar-refractivity contribution in [3.63, 3.8) is 0 Å². The highest BCUT2D eigenvalue weighted by atomic mass is 32.2. The minimum Gasteiger partial charge on any atom is -0.494 e. The van der Waals surface area contributed by atoms with Gasteiger partial charge in [-0.25, -0.2) is 17.8 Å². The first kappa shape index (κ1) is 18.5. The summed E-state index contributed by atoms with van der Waals surface area (Å²) in [5.74, 6) is 0.401. The number of ether oxygens (including phenoxy) is 2. The van der Waals surface area contributed by atoms with E-state index >= 15 is 0 Å². The second kappa shape index (κ2) is 7.28. The van der Waals surface area contributed by atoms with Crippen LogP contribution in [0.4, 0.5) is 20.9 Å². The van der Waals surface area contributed by atoms with Gasteiger partial charge in [0.1, 0.15) is 23.9 Å². The summed E-state index contributed by atoms with van der Waals surface area (Å²) in [6, 6.07) is 8.90. The molecule has 1 N–H and O–H groups in total. The maximum absolute atomic E-state index is 13.5. The van der Waals surface area contributed by atoms with Crippen molar-refractivity contribution in [3.05, 3.63) is 53.8 Å². The Morgan fingerprint density at radius 1 is 1.25 bits per heavy atom. The third-order valence-electron chi connectivity index (χ3n) is 4.19. The van der Waals surface area contributed by atoms with Crippen LogP contribution in [-0.2, 0) is 10.0 Å². The fourth-order valence-electron chi connectivity index (χ4n) is 2.94. The van der Waals surface area contributed by atoms with Gasteiger partial charge in [-0.15, -0.1) is 11.3 Å². The molecule has 1 aliphatic heterocycles. The molecule has 2 heterocycles. The lowest BCUT2D eigenvalue weighted by Crippen LogP contribution is -2.29. The average Bonchev–Trinajstić information content (AvgIpc) is 3.19. The molecule has 1 aromatic heterocycles. The van der Waals surface area contributed by atoms with Gasteiger partial charge in [0.25, 0.3) is 10.0 Å². The monoisotopic (exact) mass is 421 g/mol. The Labute approximate surface area is 165 Å². The van der Waals surface area contributed by atoms with E-state index < -0.39 is 15.8 Å². The summed E-state index contributed by atoms with van der Waals surface area (Å²) >= 11 is 1.19. The van der Waals surface area contributed by atoms with Gasteiger partial charge < -0.3 is 14.4 Å². The number of nitrogens with zero attached hydrogens (tertiary/aromatic N) is 2. The molecule has 3 aromatic rings. The lowest BCUT2D eigenvalue weighted by atomic mass is 10.2. The zero-order valence-electron chi connectivity index (χ0n) is 14.8. The van der Waals surface area contributed by atoms with E-state index in [1.54, 1.807) is 17.5 Å². The number of fused-ring (bicyclic) bond motifs is 1. The first-order chi connectivity index (χ1) is 13.5. The molecule has 0 saturated heterocycles. The molecule has 0 spiro atoms. The van der Waals surface area contributed by atoms with Crippen LogP contribution in [-0.4, -0.2) is 33.7 Å². The fourth-order valence-corrected chi connectivity index (χ4v) is 4.74. The zero-order valence-corrected chi connectivity index (χ0v) is 16.4. The van der Waals surface area contributed by atoms with Gasteiger partial charge in [-0.1, -0.05) is 0 Å². The molecule has 0 unspecified atom stereocenters. The zero-order chi connectivity index (χ0) is 19.7. The quantitative estimate of drug-likeness (QED) is 0.678. The summed E-state index contributed by atoms with van der Waals surface area (Å²) in [6.45, 7) is 0.857. The van der Waals surface area contributed by atoms with Gasteiger partial charge in [0.15, 0.2) is 5.13 Å². The largest absolute Gasteiger partial charge is 0.494 e. The van der Waals surface area contributed by atoms with Crippen LogP contribution in [0.2, 0.25) is 0 Å². The summed E-state index contributed by atoms with van der Waals surface area (Å²) in [6.07, 6.45) is 1.52. The number of halogens is 1. The topological polar surface area (TPSA) is 80.8 Å². The van der Waals surface area contributed by atoms with Crippen molar-refractivity contribution in [2.45, 2.75) is 4.90 Å². The van der Waals surface area contributed by atoms with Crippen LogP contribution < -0.4 is 19.1 Å². The number of hydrogen-bond donors (Lipinski definition) is 1. The van der Waals surface area contributed by atoms with E-state index in [4.69, 9.17) is 9.47 Å². The van der Waals surface area contributed by atoms with Gasteiger partial charge in [0.05, 0.1) is 29.9 Å². The first-order valence-corrected chi connectivity index (χ1v) is 10.6. The molecule has 0 radical (unpaired) electrons. The molecular formula is C18H16FN3O4S2. The predicted molar refractivity (Wildman–Crippen MR) is 105 cm³/mol. The van der Waals surface area contributed by atoms with Crippen LogP contribution in [0.1, 0.15) is 0 Å². The van der Waals surface area contributed by atoms with Crippen LogP contribution >= 0.6 is 11.3 Å². The Bertz CT molecular complexity index is 1100. The van der Waals surface area contributed by atoms with E-state index in [0.717, 1.165) is 0 Å². The van der Waals surface area contributed by atoms with E-state index in [-0.39, 0.29) is 10.0 Å². The number of rotatable bonds is 5. The van der Waals surface area contributed by atoms with Crippen molar-refractivity contribution in [1.29, 1.82) is 0 Å². The SMILES string of the molecule is COc1cc(F)ccc1N1CCOc2cc(S(=O)(=O)Nc3nccs3)ccc21. The number of sulfonamides is 1. The van der Waals surface area contributed by atoms with E-state index in [0.29, 0.717) is 36.0 Å². The van der Waals surface area contributed by atoms with Gasteiger partial charge in [0, 0.05) is 23.7 Å². The molecule has 0 bridgehead atoms. The van der Waals surface area contributed by atoms with Crippen molar-refractivity contribution in [2.24, 2.45) is 0 Å². The van der Waals surface area contributed by atoms with Gasteiger partial charge in [-0.2, -0.15) is 0 Å². The number of anilines is 3. The number of thiazole rings is 1. The highest BCUT2D eigenvalue weighted by molar-refractivity contribution is 7.93. The fraction of sp³-hybridized carbons (Fsp3) is 0.167. The second-order valence-electron chi connectivity index (χ2n) is 5.89. The molecule has 0 saturated carbocycles. The van der Waals surface area contributed by atoms with Crippen molar-refractivity contribution >= 4 is 37.9 Å². The highest BCUT2D eigenvalue weighted by Crippen LogP contribution is 2.41. The Balaban J connectivity index is 1.70. The van der Waals surface area contributed by atoms with E-state index in [1.807, 2.05) is 4.90 Å². The maximum Gasteiger partial charge on any atom is 0.263 e. The molecule has 0 amide bonds. The maximum atomic E-state index is 13.5. The molecule has 28 heavy (non-hydrogen) atoms.